The third-order valence-electron chi connectivity index (χ3n) is 2.99. The number of amides is 1. The molecule has 0 atom stereocenters. The number of hydrogen-bond acceptors (Lipinski definition) is 3. The summed E-state index contributed by atoms with van der Waals surface area (Å²) in [5.41, 5.74) is 2.84. The van der Waals surface area contributed by atoms with E-state index in [-0.39, 0.29) is 5.91 Å². The van der Waals surface area contributed by atoms with Crippen molar-refractivity contribution in [2.45, 2.75) is 19.9 Å². The highest BCUT2D eigenvalue weighted by molar-refractivity contribution is 5.72. The summed E-state index contributed by atoms with van der Waals surface area (Å²) < 4.78 is 2.04. The molecule has 102 valence electrons. The Morgan fingerprint density at radius 2 is 2.15 bits per heavy atom. The minimum Gasteiger partial charge on any atom is -0.356 e. The molecule has 1 N–H and O–H groups in total. The van der Waals surface area contributed by atoms with E-state index >= 15 is 0 Å². The Morgan fingerprint density at radius 3 is 2.80 bits per heavy atom. The van der Waals surface area contributed by atoms with Gasteiger partial charge in [-0.1, -0.05) is 12.1 Å². The zero-order chi connectivity index (χ0) is 14.4. The normalized spacial score (nSPS) is 10.0. The van der Waals surface area contributed by atoms with Gasteiger partial charge >= 0.3 is 0 Å². The summed E-state index contributed by atoms with van der Waals surface area (Å²) >= 11 is 0. The minimum atomic E-state index is -0.0249. The van der Waals surface area contributed by atoms with Crippen LogP contribution in [0.2, 0.25) is 0 Å². The number of nitriles is 1. The molecule has 5 heteroatoms. The molecule has 20 heavy (non-hydrogen) atoms. The molecule has 0 aliphatic carbocycles. The van der Waals surface area contributed by atoms with Gasteiger partial charge < -0.3 is 9.88 Å². The smallest absolute Gasteiger partial charge is 0.216 e. The molecule has 2 aromatic rings. The van der Waals surface area contributed by atoms with Crippen LogP contribution in [0.1, 0.15) is 23.7 Å². The van der Waals surface area contributed by atoms with Crippen LogP contribution in [-0.2, 0) is 17.8 Å². The number of carbonyl (C=O) groups excluding carboxylic acids is 1. The molecule has 1 amide bonds. The zero-order valence-corrected chi connectivity index (χ0v) is 11.3. The van der Waals surface area contributed by atoms with Crippen LogP contribution in [-0.4, -0.2) is 22.0 Å². The van der Waals surface area contributed by atoms with Gasteiger partial charge in [0.15, 0.2) is 0 Å². The van der Waals surface area contributed by atoms with E-state index in [1.54, 1.807) is 6.33 Å². The van der Waals surface area contributed by atoms with Crippen molar-refractivity contribution < 1.29 is 4.79 Å². The quantitative estimate of drug-likeness (QED) is 0.893. The lowest BCUT2D eigenvalue weighted by atomic mass is 10.1. The first-order chi connectivity index (χ1) is 9.69. The molecule has 0 aliphatic rings. The van der Waals surface area contributed by atoms with E-state index in [2.05, 4.69) is 16.4 Å². The molecule has 0 fully saturated rings. The molecule has 0 aliphatic heterocycles. The van der Waals surface area contributed by atoms with Crippen LogP contribution in [0, 0.1) is 11.3 Å². The van der Waals surface area contributed by atoms with Crippen molar-refractivity contribution in [3.8, 4) is 6.07 Å². The van der Waals surface area contributed by atoms with E-state index in [1.165, 1.54) is 6.92 Å². The fourth-order valence-electron chi connectivity index (χ4n) is 1.95. The molecule has 0 saturated heterocycles. The molecular formula is C15H16N4O. The molecule has 2 rings (SSSR count). The second-order valence-corrected chi connectivity index (χ2v) is 4.55. The van der Waals surface area contributed by atoms with Crippen LogP contribution in [0.3, 0.4) is 0 Å². The first-order valence-corrected chi connectivity index (χ1v) is 6.41. The fraction of sp³-hybridized carbons (Fsp3) is 0.267. The Morgan fingerprint density at radius 1 is 1.40 bits per heavy atom. The second kappa shape index (κ2) is 6.53. The zero-order valence-electron chi connectivity index (χ0n) is 11.3. The lowest BCUT2D eigenvalue weighted by molar-refractivity contribution is -0.118. The number of nitrogens with zero attached hydrogens (tertiary/aromatic N) is 3. The number of benzene rings is 1. The molecule has 5 nitrogen and oxygen atoms in total. The highest BCUT2D eigenvalue weighted by Gasteiger charge is 2.03. The van der Waals surface area contributed by atoms with Crippen LogP contribution in [0.15, 0.2) is 36.8 Å². The lowest BCUT2D eigenvalue weighted by Crippen LogP contribution is -2.23. The first kappa shape index (κ1) is 13.8. The van der Waals surface area contributed by atoms with E-state index in [4.69, 9.17) is 5.26 Å². The fourth-order valence-corrected chi connectivity index (χ4v) is 1.95. The maximum Gasteiger partial charge on any atom is 0.216 e. The highest BCUT2D eigenvalue weighted by atomic mass is 16.1. The average Bonchev–Trinajstić information content (AvgIpc) is 2.87. The van der Waals surface area contributed by atoms with E-state index < -0.39 is 0 Å². The minimum absolute atomic E-state index is 0.0249. The summed E-state index contributed by atoms with van der Waals surface area (Å²) in [6.07, 6.45) is 4.34. The standard InChI is InChI=1S/C15H16N4O/c1-12(20)18-7-6-15-9-17-11-19(15)10-14-4-2-13(8-16)3-5-14/h2-5,9,11H,6-7,10H2,1H3,(H,18,20). The Hall–Kier alpha value is -2.61. The topological polar surface area (TPSA) is 70.7 Å². The van der Waals surface area contributed by atoms with E-state index in [1.807, 2.05) is 35.0 Å². The van der Waals surface area contributed by atoms with Crippen molar-refractivity contribution in [1.82, 2.24) is 14.9 Å². The number of aromatic nitrogens is 2. The molecule has 0 saturated carbocycles. The summed E-state index contributed by atoms with van der Waals surface area (Å²) in [5.74, 6) is -0.0249. The molecule has 0 spiro atoms. The van der Waals surface area contributed by atoms with Crippen LogP contribution in [0.4, 0.5) is 0 Å². The van der Waals surface area contributed by atoms with Gasteiger partial charge in [-0.3, -0.25) is 4.79 Å². The van der Waals surface area contributed by atoms with Crippen molar-refractivity contribution in [3.63, 3.8) is 0 Å². The van der Waals surface area contributed by atoms with Crippen LogP contribution in [0.25, 0.3) is 0 Å². The van der Waals surface area contributed by atoms with Crippen molar-refractivity contribution in [2.24, 2.45) is 0 Å². The monoisotopic (exact) mass is 268 g/mol. The third kappa shape index (κ3) is 3.69. The summed E-state index contributed by atoms with van der Waals surface area (Å²) in [4.78, 5) is 15.0. The van der Waals surface area contributed by atoms with E-state index in [0.29, 0.717) is 18.7 Å². The number of hydrogen-bond donors (Lipinski definition) is 1. The maximum absolute atomic E-state index is 10.8. The number of imidazole rings is 1. The van der Waals surface area contributed by atoms with Gasteiger partial charge in [0.1, 0.15) is 0 Å². The second-order valence-electron chi connectivity index (χ2n) is 4.55. The molecule has 1 aromatic heterocycles. The number of rotatable bonds is 5. The van der Waals surface area contributed by atoms with Gasteiger partial charge in [0.05, 0.1) is 18.0 Å². The van der Waals surface area contributed by atoms with Crippen molar-refractivity contribution in [1.29, 1.82) is 5.26 Å². The van der Waals surface area contributed by atoms with Crippen molar-refractivity contribution >= 4 is 5.91 Å². The van der Waals surface area contributed by atoms with Gasteiger partial charge in [-0.25, -0.2) is 4.98 Å². The van der Waals surface area contributed by atoms with E-state index in [9.17, 15) is 4.79 Å². The Labute approximate surface area is 117 Å². The van der Waals surface area contributed by atoms with Crippen LogP contribution in [0.5, 0.6) is 0 Å². The molecule has 0 unspecified atom stereocenters. The SMILES string of the molecule is CC(=O)NCCc1cncn1Cc1ccc(C#N)cc1. The summed E-state index contributed by atoms with van der Waals surface area (Å²) in [5, 5.41) is 11.5. The molecule has 0 bridgehead atoms. The van der Waals surface area contributed by atoms with Gasteiger partial charge in [0.2, 0.25) is 5.91 Å². The lowest BCUT2D eigenvalue weighted by Gasteiger charge is -2.08. The molecule has 1 aromatic carbocycles. The summed E-state index contributed by atoms with van der Waals surface area (Å²) in [6.45, 7) is 2.82. The Balaban J connectivity index is 2.00. The van der Waals surface area contributed by atoms with Gasteiger partial charge in [-0.05, 0) is 17.7 Å². The van der Waals surface area contributed by atoms with Crippen LogP contribution < -0.4 is 5.32 Å². The predicted octanol–water partition coefficient (Wildman–Crippen LogP) is 1.48. The largest absolute Gasteiger partial charge is 0.356 e. The number of nitrogens with one attached hydrogen (secondary N) is 1. The highest BCUT2D eigenvalue weighted by Crippen LogP contribution is 2.08. The van der Waals surface area contributed by atoms with Crippen LogP contribution >= 0.6 is 0 Å². The van der Waals surface area contributed by atoms with E-state index in [0.717, 1.165) is 17.7 Å². The average molecular weight is 268 g/mol. The first-order valence-electron chi connectivity index (χ1n) is 6.41. The third-order valence-corrected chi connectivity index (χ3v) is 2.99. The maximum atomic E-state index is 10.8. The molecular weight excluding hydrogens is 252 g/mol. The van der Waals surface area contributed by atoms with Crippen molar-refractivity contribution in [2.75, 3.05) is 6.54 Å². The van der Waals surface area contributed by atoms with Crippen molar-refractivity contribution in [3.05, 3.63) is 53.6 Å². The van der Waals surface area contributed by atoms with Gasteiger partial charge in [-0.2, -0.15) is 5.26 Å². The van der Waals surface area contributed by atoms with Gasteiger partial charge in [0, 0.05) is 38.3 Å². The number of carbonyl (C=O) groups is 1. The Kier molecular flexibility index (Phi) is 4.51. The molecule has 1 heterocycles. The summed E-state index contributed by atoms with van der Waals surface area (Å²) in [7, 11) is 0. The summed E-state index contributed by atoms with van der Waals surface area (Å²) in [6, 6.07) is 9.60. The Bertz CT molecular complexity index is 622. The predicted molar refractivity (Wildman–Crippen MR) is 74.9 cm³/mol. The van der Waals surface area contributed by atoms with Gasteiger partial charge in [-0.15, -0.1) is 0 Å². The van der Waals surface area contributed by atoms with Gasteiger partial charge in [0.25, 0.3) is 0 Å². The molecule has 0 radical (unpaired) electrons.